The first-order valence-corrected chi connectivity index (χ1v) is 5.30. The first kappa shape index (κ1) is 10.3. The normalized spacial score (nSPS) is 30.1. The number of pyridine rings is 1. The highest BCUT2D eigenvalue weighted by molar-refractivity contribution is 5.91. The van der Waals surface area contributed by atoms with Crippen molar-refractivity contribution in [3.05, 3.63) is 29.8 Å². The van der Waals surface area contributed by atoms with Gasteiger partial charge in [-0.05, 0) is 18.6 Å². The molecule has 1 aliphatic carbocycles. The van der Waals surface area contributed by atoms with Gasteiger partial charge in [0.15, 0.2) is 0 Å². The Bertz CT molecular complexity index is 374. The van der Waals surface area contributed by atoms with Gasteiger partial charge in [-0.3, -0.25) is 9.78 Å². The summed E-state index contributed by atoms with van der Waals surface area (Å²) in [5, 5.41) is 0. The highest BCUT2D eigenvalue weighted by Crippen LogP contribution is 2.45. The van der Waals surface area contributed by atoms with Gasteiger partial charge in [0.25, 0.3) is 0 Å². The van der Waals surface area contributed by atoms with Gasteiger partial charge in [0, 0.05) is 23.4 Å². The number of aromatic nitrogens is 1. The quantitative estimate of drug-likeness (QED) is 0.746. The zero-order valence-electron chi connectivity index (χ0n) is 8.90. The first-order chi connectivity index (χ1) is 7.15. The van der Waals surface area contributed by atoms with Crippen molar-refractivity contribution in [3.8, 4) is 0 Å². The van der Waals surface area contributed by atoms with Crippen LogP contribution in [0.1, 0.15) is 31.9 Å². The molecule has 1 aromatic heterocycles. The number of hydrogen-bond donors (Lipinski definition) is 0. The average Bonchev–Trinajstić information content (AvgIpc) is 2.26. The lowest BCUT2D eigenvalue weighted by Crippen LogP contribution is -2.44. The highest BCUT2D eigenvalue weighted by Gasteiger charge is 2.46. The van der Waals surface area contributed by atoms with E-state index in [9.17, 15) is 9.18 Å². The molecular weight excluding hydrogens is 193 g/mol. The van der Waals surface area contributed by atoms with E-state index in [4.69, 9.17) is 0 Å². The second-order valence-corrected chi connectivity index (χ2v) is 4.13. The Hall–Kier alpha value is -1.25. The minimum atomic E-state index is -0.329. The fourth-order valence-corrected chi connectivity index (χ4v) is 2.42. The number of Topliss-reactive ketones (excluding diaryl/α,β-unsaturated/α-hetero) is 1. The predicted molar refractivity (Wildman–Crippen MR) is 54.9 cm³/mol. The smallest absolute Gasteiger partial charge is 0.141 e. The molecule has 1 aliphatic rings. The van der Waals surface area contributed by atoms with Gasteiger partial charge in [0.1, 0.15) is 11.6 Å². The second-order valence-electron chi connectivity index (χ2n) is 4.13. The maximum atomic E-state index is 12.7. The number of nitrogens with zero attached hydrogens (tertiary/aromatic N) is 1. The molecule has 0 amide bonds. The zero-order valence-corrected chi connectivity index (χ0v) is 8.90. The maximum absolute atomic E-state index is 12.7. The van der Waals surface area contributed by atoms with E-state index >= 15 is 0 Å². The summed E-state index contributed by atoms with van der Waals surface area (Å²) in [6.07, 6.45) is 2.06. The summed E-state index contributed by atoms with van der Waals surface area (Å²) >= 11 is 0. The van der Waals surface area contributed by atoms with Crippen LogP contribution < -0.4 is 0 Å². The van der Waals surface area contributed by atoms with Gasteiger partial charge in [-0.25, -0.2) is 4.39 Å². The minimum Gasteiger partial charge on any atom is -0.299 e. The highest BCUT2D eigenvalue weighted by atomic mass is 19.1. The molecule has 15 heavy (non-hydrogen) atoms. The summed E-state index contributed by atoms with van der Waals surface area (Å²) in [7, 11) is 0. The van der Waals surface area contributed by atoms with Gasteiger partial charge < -0.3 is 0 Å². The van der Waals surface area contributed by atoms with Gasteiger partial charge >= 0.3 is 0 Å². The molecular formula is C12H14FNO. The van der Waals surface area contributed by atoms with Crippen molar-refractivity contribution in [3.63, 3.8) is 0 Å². The first-order valence-electron chi connectivity index (χ1n) is 5.30. The van der Waals surface area contributed by atoms with Crippen LogP contribution in [-0.2, 0) is 4.79 Å². The second kappa shape index (κ2) is 3.72. The molecule has 0 bridgehead atoms. The number of hydrogen-bond acceptors (Lipinski definition) is 2. The molecule has 1 saturated carbocycles. The fourth-order valence-electron chi connectivity index (χ4n) is 2.42. The van der Waals surface area contributed by atoms with Crippen molar-refractivity contribution in [2.75, 3.05) is 0 Å². The van der Waals surface area contributed by atoms with Crippen molar-refractivity contribution in [1.82, 2.24) is 4.98 Å². The lowest BCUT2D eigenvalue weighted by molar-refractivity contribution is -0.137. The lowest BCUT2D eigenvalue weighted by Gasteiger charge is -2.40. The van der Waals surface area contributed by atoms with Gasteiger partial charge in [-0.2, -0.15) is 0 Å². The summed E-state index contributed by atoms with van der Waals surface area (Å²) in [6, 6.07) is 3.09. The van der Waals surface area contributed by atoms with Crippen molar-refractivity contribution < 1.29 is 9.18 Å². The number of carbonyl (C=O) groups is 1. The zero-order chi connectivity index (χ0) is 11.0. The van der Waals surface area contributed by atoms with Crippen molar-refractivity contribution in [2.45, 2.75) is 26.2 Å². The van der Waals surface area contributed by atoms with E-state index in [2.05, 4.69) is 4.98 Å². The maximum Gasteiger partial charge on any atom is 0.141 e. The molecule has 80 valence electrons. The van der Waals surface area contributed by atoms with Crippen LogP contribution in [0.15, 0.2) is 18.3 Å². The van der Waals surface area contributed by atoms with E-state index in [0.29, 0.717) is 5.78 Å². The van der Waals surface area contributed by atoms with Crippen LogP contribution in [0.5, 0.6) is 0 Å². The Morgan fingerprint density at radius 1 is 1.47 bits per heavy atom. The molecule has 3 unspecified atom stereocenters. The molecule has 3 atom stereocenters. The van der Waals surface area contributed by atoms with Gasteiger partial charge in [0.2, 0.25) is 0 Å². The fraction of sp³-hybridized carbons (Fsp3) is 0.500. The Labute approximate surface area is 88.5 Å². The number of halogens is 1. The number of ketones is 1. The van der Waals surface area contributed by atoms with Gasteiger partial charge in [0.05, 0.1) is 6.20 Å². The summed E-state index contributed by atoms with van der Waals surface area (Å²) in [5.74, 6) is 0.285. The van der Waals surface area contributed by atoms with Crippen LogP contribution in [0, 0.1) is 17.7 Å². The van der Waals surface area contributed by atoms with Crippen molar-refractivity contribution >= 4 is 5.78 Å². The van der Waals surface area contributed by atoms with Crippen LogP contribution in [0.3, 0.4) is 0 Å². The Kier molecular flexibility index (Phi) is 2.55. The van der Waals surface area contributed by atoms with Gasteiger partial charge in [-0.1, -0.05) is 13.8 Å². The summed E-state index contributed by atoms with van der Waals surface area (Å²) in [4.78, 5) is 15.6. The third-order valence-corrected chi connectivity index (χ3v) is 3.32. The van der Waals surface area contributed by atoms with Gasteiger partial charge in [-0.15, -0.1) is 0 Å². The molecule has 1 aromatic rings. The van der Waals surface area contributed by atoms with E-state index in [1.807, 2.05) is 13.8 Å². The van der Waals surface area contributed by atoms with E-state index in [-0.39, 0.29) is 23.6 Å². The number of carbonyl (C=O) groups excluding carboxylic acids is 1. The summed E-state index contributed by atoms with van der Waals surface area (Å²) < 4.78 is 12.7. The standard InChI is InChI=1S/C12H14FNO/c1-3-9-11(7(2)12(9)15)10-5-4-8(13)6-14-10/h4-7,9,11H,3H2,1-2H3. The molecule has 1 heterocycles. The van der Waals surface area contributed by atoms with E-state index in [0.717, 1.165) is 12.1 Å². The molecule has 2 nitrogen and oxygen atoms in total. The monoisotopic (exact) mass is 207 g/mol. The Balaban J connectivity index is 2.24. The Morgan fingerprint density at radius 3 is 2.73 bits per heavy atom. The van der Waals surface area contributed by atoms with Crippen LogP contribution >= 0.6 is 0 Å². The van der Waals surface area contributed by atoms with E-state index in [1.54, 1.807) is 6.07 Å². The van der Waals surface area contributed by atoms with E-state index in [1.165, 1.54) is 12.3 Å². The molecule has 0 aromatic carbocycles. The molecule has 0 saturated heterocycles. The third kappa shape index (κ3) is 1.56. The minimum absolute atomic E-state index is 0.0351. The third-order valence-electron chi connectivity index (χ3n) is 3.32. The predicted octanol–water partition coefficient (Wildman–Crippen LogP) is 2.55. The van der Waals surface area contributed by atoms with Crippen LogP contribution in [0.4, 0.5) is 4.39 Å². The van der Waals surface area contributed by atoms with Crippen molar-refractivity contribution in [1.29, 1.82) is 0 Å². The van der Waals surface area contributed by atoms with E-state index < -0.39 is 0 Å². The Morgan fingerprint density at radius 2 is 2.20 bits per heavy atom. The van der Waals surface area contributed by atoms with Crippen LogP contribution in [0.25, 0.3) is 0 Å². The lowest BCUT2D eigenvalue weighted by atomic mass is 9.62. The van der Waals surface area contributed by atoms with Crippen molar-refractivity contribution in [2.24, 2.45) is 11.8 Å². The average molecular weight is 207 g/mol. The summed E-state index contributed by atoms with van der Waals surface area (Å²) in [6.45, 7) is 3.93. The summed E-state index contributed by atoms with van der Waals surface area (Å²) in [5.41, 5.74) is 0.843. The molecule has 0 N–H and O–H groups in total. The number of rotatable bonds is 2. The molecule has 0 radical (unpaired) electrons. The topological polar surface area (TPSA) is 30.0 Å². The van der Waals surface area contributed by atoms with Crippen LogP contribution in [0.2, 0.25) is 0 Å². The van der Waals surface area contributed by atoms with Crippen LogP contribution in [-0.4, -0.2) is 10.8 Å². The molecule has 3 heteroatoms. The SMILES string of the molecule is CCC1C(=O)C(C)C1c1ccc(F)cn1. The molecule has 0 aliphatic heterocycles. The molecule has 0 spiro atoms. The largest absolute Gasteiger partial charge is 0.299 e. The molecule has 2 rings (SSSR count). The molecule has 1 fully saturated rings.